The Morgan fingerprint density at radius 3 is 2.67 bits per heavy atom. The molecular formula is C15H15ClN4O3S. The van der Waals surface area contributed by atoms with E-state index in [1.807, 2.05) is 19.9 Å². The summed E-state index contributed by atoms with van der Waals surface area (Å²) in [6.07, 6.45) is 2.24. The molecule has 1 aromatic carbocycles. The molecule has 24 heavy (non-hydrogen) atoms. The van der Waals surface area contributed by atoms with E-state index in [1.165, 1.54) is 18.3 Å². The third-order valence-electron chi connectivity index (χ3n) is 2.88. The minimum atomic E-state index is -3.38. The zero-order valence-electron chi connectivity index (χ0n) is 13.2. The summed E-state index contributed by atoms with van der Waals surface area (Å²) >= 11 is 5.77. The van der Waals surface area contributed by atoms with Gasteiger partial charge in [-0.1, -0.05) is 0 Å². The van der Waals surface area contributed by atoms with Gasteiger partial charge in [-0.15, -0.1) is 0 Å². The second-order valence-electron chi connectivity index (χ2n) is 5.23. The molecule has 0 saturated heterocycles. The first-order valence-corrected chi connectivity index (χ1v) is 9.18. The van der Waals surface area contributed by atoms with Crippen LogP contribution >= 0.6 is 11.6 Å². The van der Waals surface area contributed by atoms with Gasteiger partial charge >= 0.3 is 0 Å². The Labute approximate surface area is 145 Å². The molecule has 0 amide bonds. The maximum Gasteiger partial charge on any atom is 0.224 e. The number of hydrogen-bond donors (Lipinski definition) is 1. The third kappa shape index (κ3) is 4.34. The van der Waals surface area contributed by atoms with E-state index >= 15 is 0 Å². The van der Waals surface area contributed by atoms with E-state index in [9.17, 15) is 8.42 Å². The van der Waals surface area contributed by atoms with Crippen LogP contribution in [0.25, 0.3) is 0 Å². The highest BCUT2D eigenvalue weighted by atomic mass is 35.5. The summed E-state index contributed by atoms with van der Waals surface area (Å²) in [5.41, 5.74) is 0.657. The van der Waals surface area contributed by atoms with E-state index < -0.39 is 9.84 Å². The maximum atomic E-state index is 11.7. The van der Waals surface area contributed by atoms with Crippen LogP contribution in [0.1, 0.15) is 19.4 Å². The van der Waals surface area contributed by atoms with Gasteiger partial charge in [0.15, 0.2) is 15.7 Å². The van der Waals surface area contributed by atoms with Crippen LogP contribution in [0.15, 0.2) is 29.3 Å². The van der Waals surface area contributed by atoms with E-state index in [4.69, 9.17) is 21.6 Å². The van der Waals surface area contributed by atoms with Crippen LogP contribution in [0.3, 0.4) is 0 Å². The zero-order valence-corrected chi connectivity index (χ0v) is 14.8. The molecular weight excluding hydrogens is 352 g/mol. The smallest absolute Gasteiger partial charge is 0.224 e. The molecule has 0 spiro atoms. The summed E-state index contributed by atoms with van der Waals surface area (Å²) < 4.78 is 29.1. The monoisotopic (exact) mass is 366 g/mol. The maximum absolute atomic E-state index is 11.7. The first kappa shape index (κ1) is 18.0. The van der Waals surface area contributed by atoms with Gasteiger partial charge in [0.2, 0.25) is 5.28 Å². The van der Waals surface area contributed by atoms with Crippen molar-refractivity contribution in [1.29, 1.82) is 5.26 Å². The summed E-state index contributed by atoms with van der Waals surface area (Å²) in [5.74, 6) is 0.532. The average Bonchev–Trinajstić information content (AvgIpc) is 2.47. The van der Waals surface area contributed by atoms with Gasteiger partial charge in [0.25, 0.3) is 0 Å². The fraction of sp³-hybridized carbons (Fsp3) is 0.267. The molecule has 126 valence electrons. The molecule has 1 aromatic heterocycles. The number of halogens is 1. The summed E-state index contributed by atoms with van der Waals surface area (Å²) in [5, 5.41) is 12.1. The Kier molecular flexibility index (Phi) is 5.26. The van der Waals surface area contributed by atoms with Gasteiger partial charge in [-0.3, -0.25) is 0 Å². The van der Waals surface area contributed by atoms with Gasteiger partial charge in [0, 0.05) is 12.3 Å². The molecule has 1 heterocycles. The molecule has 2 rings (SSSR count). The number of ether oxygens (including phenoxy) is 1. The molecule has 0 atom stereocenters. The second kappa shape index (κ2) is 7.03. The van der Waals surface area contributed by atoms with Crippen LogP contribution in [0, 0.1) is 11.3 Å². The Bertz CT molecular complexity index is 907. The summed E-state index contributed by atoms with van der Waals surface area (Å²) in [7, 11) is -3.38. The highest BCUT2D eigenvalue weighted by molar-refractivity contribution is 7.90. The molecule has 2 aromatic rings. The molecule has 0 fully saturated rings. The number of nitrogens with zero attached hydrogens (tertiary/aromatic N) is 3. The average molecular weight is 367 g/mol. The third-order valence-corrected chi connectivity index (χ3v) is 4.17. The predicted molar refractivity (Wildman–Crippen MR) is 90.4 cm³/mol. The number of hydrogen-bond acceptors (Lipinski definition) is 7. The molecule has 9 heteroatoms. The lowest BCUT2D eigenvalue weighted by Crippen LogP contribution is -2.09. The van der Waals surface area contributed by atoms with Gasteiger partial charge in [-0.05, 0) is 37.6 Å². The fourth-order valence-corrected chi connectivity index (χ4v) is 2.62. The van der Waals surface area contributed by atoms with Gasteiger partial charge in [0.1, 0.15) is 17.4 Å². The van der Waals surface area contributed by atoms with Crippen molar-refractivity contribution in [2.75, 3.05) is 11.6 Å². The Morgan fingerprint density at radius 1 is 1.38 bits per heavy atom. The number of sulfone groups is 1. The molecule has 0 saturated carbocycles. The van der Waals surface area contributed by atoms with Gasteiger partial charge < -0.3 is 10.1 Å². The molecule has 7 nitrogen and oxygen atoms in total. The molecule has 1 N–H and O–H groups in total. The van der Waals surface area contributed by atoms with Crippen LogP contribution in [0.5, 0.6) is 5.75 Å². The molecule has 0 radical (unpaired) electrons. The first-order valence-electron chi connectivity index (χ1n) is 6.91. The summed E-state index contributed by atoms with van der Waals surface area (Å²) in [6, 6.07) is 6.37. The quantitative estimate of drug-likeness (QED) is 0.811. The highest BCUT2D eigenvalue weighted by Gasteiger charge is 2.15. The van der Waals surface area contributed by atoms with Crippen molar-refractivity contribution in [3.63, 3.8) is 0 Å². The number of rotatable bonds is 5. The van der Waals surface area contributed by atoms with Crippen molar-refractivity contribution in [3.05, 3.63) is 35.2 Å². The van der Waals surface area contributed by atoms with Crippen LogP contribution in [0.2, 0.25) is 5.28 Å². The number of aromatic nitrogens is 2. The fourth-order valence-electron chi connectivity index (χ4n) is 1.85. The second-order valence-corrected chi connectivity index (χ2v) is 7.59. The van der Waals surface area contributed by atoms with Crippen molar-refractivity contribution in [2.45, 2.75) is 24.8 Å². The van der Waals surface area contributed by atoms with E-state index in [0.717, 1.165) is 6.26 Å². The molecule has 0 aliphatic rings. The van der Waals surface area contributed by atoms with Gasteiger partial charge in [-0.2, -0.15) is 10.2 Å². The number of benzene rings is 1. The first-order chi connectivity index (χ1) is 11.2. The van der Waals surface area contributed by atoms with Crippen LogP contribution in [-0.4, -0.2) is 30.7 Å². The minimum absolute atomic E-state index is 0.0180. The summed E-state index contributed by atoms with van der Waals surface area (Å²) in [6.45, 7) is 3.64. The van der Waals surface area contributed by atoms with Crippen molar-refractivity contribution in [1.82, 2.24) is 9.97 Å². The Balaban J connectivity index is 2.50. The van der Waals surface area contributed by atoms with Crippen molar-refractivity contribution in [3.8, 4) is 11.8 Å². The molecule has 0 aliphatic heterocycles. The van der Waals surface area contributed by atoms with E-state index in [1.54, 1.807) is 6.07 Å². The number of nitrogens with one attached hydrogen (secondary N) is 1. The van der Waals surface area contributed by atoms with Crippen molar-refractivity contribution < 1.29 is 13.2 Å². The van der Waals surface area contributed by atoms with Crippen LogP contribution < -0.4 is 10.1 Å². The van der Waals surface area contributed by atoms with Crippen molar-refractivity contribution >= 4 is 32.9 Å². The topological polar surface area (TPSA) is 105 Å². The van der Waals surface area contributed by atoms with E-state index in [2.05, 4.69) is 15.3 Å². The van der Waals surface area contributed by atoms with Crippen LogP contribution in [-0.2, 0) is 9.84 Å². The highest BCUT2D eigenvalue weighted by Crippen LogP contribution is 2.32. The lowest BCUT2D eigenvalue weighted by Gasteiger charge is -2.16. The SMILES string of the molecule is CC(C)Oc1cc(S(C)(=O)=O)ccc1Nc1nc(Cl)ncc1C#N. The molecule has 0 unspecified atom stereocenters. The lowest BCUT2D eigenvalue weighted by molar-refractivity contribution is 0.243. The largest absolute Gasteiger partial charge is 0.489 e. The molecule has 0 aliphatic carbocycles. The van der Waals surface area contributed by atoms with E-state index in [-0.39, 0.29) is 27.7 Å². The Morgan fingerprint density at radius 2 is 2.08 bits per heavy atom. The van der Waals surface area contributed by atoms with Crippen LogP contribution in [0.4, 0.5) is 11.5 Å². The zero-order chi connectivity index (χ0) is 17.9. The predicted octanol–water partition coefficient (Wildman–Crippen LogP) is 2.94. The molecule has 0 bridgehead atoms. The normalized spacial score (nSPS) is 11.2. The number of anilines is 2. The lowest BCUT2D eigenvalue weighted by atomic mass is 10.2. The van der Waals surface area contributed by atoms with E-state index in [0.29, 0.717) is 11.4 Å². The summed E-state index contributed by atoms with van der Waals surface area (Å²) in [4.78, 5) is 7.86. The van der Waals surface area contributed by atoms with Gasteiger partial charge in [-0.25, -0.2) is 13.4 Å². The van der Waals surface area contributed by atoms with Gasteiger partial charge in [0.05, 0.1) is 22.9 Å². The standard InChI is InChI=1S/C15H15ClN4O3S/c1-9(2)23-13-6-11(24(3,21)22)4-5-12(13)19-14-10(7-17)8-18-15(16)20-14/h4-6,8-9H,1-3H3,(H,18,19,20). The Hall–Kier alpha value is -2.37. The van der Waals surface area contributed by atoms with Crippen molar-refractivity contribution in [2.24, 2.45) is 0 Å². The number of nitriles is 1. The minimum Gasteiger partial charge on any atom is -0.489 e.